The summed E-state index contributed by atoms with van der Waals surface area (Å²) in [6.07, 6.45) is 1.68. The Bertz CT molecular complexity index is 2120. The summed E-state index contributed by atoms with van der Waals surface area (Å²) in [7, 11) is 0. The Labute approximate surface area is 228 Å². The first-order chi connectivity index (χ1) is 19.6. The van der Waals surface area contributed by atoms with Gasteiger partial charge in [0.1, 0.15) is 11.4 Å². The maximum Gasteiger partial charge on any atom is 0.282 e. The topological polar surface area (TPSA) is 65.3 Å². The van der Waals surface area contributed by atoms with E-state index in [2.05, 4.69) is 4.57 Å². The molecule has 3 heterocycles. The van der Waals surface area contributed by atoms with Crippen molar-refractivity contribution in [2.45, 2.75) is 13.5 Å². The van der Waals surface area contributed by atoms with Gasteiger partial charge in [-0.3, -0.25) is 4.79 Å². The van der Waals surface area contributed by atoms with E-state index in [4.69, 9.17) is 14.5 Å². The van der Waals surface area contributed by atoms with E-state index >= 15 is 0 Å². The molecule has 0 spiro atoms. The number of benzene rings is 4. The molecule has 0 aliphatic carbocycles. The van der Waals surface area contributed by atoms with Gasteiger partial charge >= 0.3 is 0 Å². The van der Waals surface area contributed by atoms with E-state index in [1.165, 1.54) is 10.7 Å². The van der Waals surface area contributed by atoms with Crippen LogP contribution in [0.3, 0.4) is 0 Å². The number of aromatic nitrogens is 3. The number of furan rings is 1. The zero-order valence-corrected chi connectivity index (χ0v) is 21.6. The molecule has 0 aliphatic rings. The van der Waals surface area contributed by atoms with E-state index < -0.39 is 0 Å². The zero-order chi connectivity index (χ0) is 27.2. The zero-order valence-electron chi connectivity index (χ0n) is 21.6. The Balaban J connectivity index is 1.41. The largest absolute Gasteiger partial charge is 0.453 e. The molecule has 0 atom stereocenters. The summed E-state index contributed by atoms with van der Waals surface area (Å²) < 4.78 is 24.0. The van der Waals surface area contributed by atoms with Crippen molar-refractivity contribution in [2.75, 3.05) is 0 Å². The summed E-state index contributed by atoms with van der Waals surface area (Å²) in [5.74, 6) is 0.503. The Kier molecular flexibility index (Phi) is 5.63. The van der Waals surface area contributed by atoms with Crippen LogP contribution in [0.2, 0.25) is 0 Å². The van der Waals surface area contributed by atoms with Crippen LogP contribution >= 0.6 is 0 Å². The second kappa shape index (κ2) is 9.47. The monoisotopic (exact) mass is 526 g/mol. The molecule has 0 unspecified atom stereocenters. The number of rotatable bonds is 5. The van der Waals surface area contributed by atoms with Crippen molar-refractivity contribution in [2.24, 2.45) is 5.10 Å². The normalized spacial score (nSPS) is 11.8. The maximum atomic E-state index is 14.5. The average molecular weight is 527 g/mol. The van der Waals surface area contributed by atoms with Crippen molar-refractivity contribution < 1.29 is 8.81 Å². The molecule has 7 aromatic rings. The molecular weight excluding hydrogens is 503 g/mol. The summed E-state index contributed by atoms with van der Waals surface area (Å²) in [6.45, 7) is 2.35. The van der Waals surface area contributed by atoms with Gasteiger partial charge in [-0.25, -0.2) is 9.37 Å². The van der Waals surface area contributed by atoms with E-state index in [0.717, 1.165) is 27.5 Å². The van der Waals surface area contributed by atoms with Crippen molar-refractivity contribution >= 4 is 39.0 Å². The van der Waals surface area contributed by atoms with Crippen LogP contribution in [0.4, 0.5) is 4.39 Å². The number of nitrogens with zero attached hydrogens (tertiary/aromatic N) is 4. The van der Waals surface area contributed by atoms with Crippen LogP contribution in [-0.2, 0) is 6.54 Å². The average Bonchev–Trinajstić information content (AvgIpc) is 3.53. The van der Waals surface area contributed by atoms with Gasteiger partial charge in [0.25, 0.3) is 5.56 Å². The molecule has 194 valence electrons. The van der Waals surface area contributed by atoms with Crippen LogP contribution in [-0.4, -0.2) is 20.4 Å². The Morgan fingerprint density at radius 3 is 2.48 bits per heavy atom. The molecule has 0 N–H and O–H groups in total. The van der Waals surface area contributed by atoms with E-state index in [-0.39, 0.29) is 11.4 Å². The summed E-state index contributed by atoms with van der Waals surface area (Å²) >= 11 is 0. The Morgan fingerprint density at radius 1 is 0.900 bits per heavy atom. The lowest BCUT2D eigenvalue weighted by molar-refractivity contribution is 0.600. The fraction of sp³-hybridized carbons (Fsp3) is 0.0606. The van der Waals surface area contributed by atoms with E-state index in [1.54, 1.807) is 36.5 Å². The molecule has 0 bridgehead atoms. The fourth-order valence-corrected chi connectivity index (χ4v) is 5.22. The lowest BCUT2D eigenvalue weighted by Gasteiger charge is -2.09. The SMILES string of the molecule is Cc1c(C=Nn2c(-c3cc4ccccc4o3)nc3ccccc3c2=O)c2ccccc2n1Cc1ccccc1F. The highest BCUT2D eigenvalue weighted by molar-refractivity contribution is 6.01. The number of hydrogen-bond acceptors (Lipinski definition) is 4. The first-order valence-electron chi connectivity index (χ1n) is 12.9. The van der Waals surface area contributed by atoms with Crippen LogP contribution in [0.25, 0.3) is 44.4 Å². The van der Waals surface area contributed by atoms with Crippen LogP contribution in [0.15, 0.2) is 117 Å². The quantitative estimate of drug-likeness (QED) is 0.224. The molecule has 0 radical (unpaired) electrons. The predicted octanol–water partition coefficient (Wildman–Crippen LogP) is 7.14. The van der Waals surface area contributed by atoms with Gasteiger partial charge < -0.3 is 8.98 Å². The molecular formula is C33H23FN4O2. The molecule has 0 amide bonds. The van der Waals surface area contributed by atoms with E-state index in [1.807, 2.05) is 73.7 Å². The van der Waals surface area contributed by atoms with Crippen LogP contribution < -0.4 is 5.56 Å². The lowest BCUT2D eigenvalue weighted by Crippen LogP contribution is -2.20. The molecule has 4 aromatic carbocycles. The molecule has 0 fully saturated rings. The maximum absolute atomic E-state index is 14.5. The molecule has 40 heavy (non-hydrogen) atoms. The number of fused-ring (bicyclic) bond motifs is 3. The number of para-hydroxylation sites is 3. The molecule has 6 nitrogen and oxygen atoms in total. The van der Waals surface area contributed by atoms with Gasteiger partial charge in [0.2, 0.25) is 5.82 Å². The summed E-state index contributed by atoms with van der Waals surface area (Å²) in [6, 6.07) is 31.4. The molecule has 0 saturated carbocycles. The van der Waals surface area contributed by atoms with Crippen molar-refractivity contribution in [3.63, 3.8) is 0 Å². The first kappa shape index (κ1) is 23.8. The van der Waals surface area contributed by atoms with Gasteiger partial charge in [-0.05, 0) is 43.3 Å². The third-order valence-corrected chi connectivity index (χ3v) is 7.27. The third kappa shape index (κ3) is 3.91. The summed E-state index contributed by atoms with van der Waals surface area (Å²) in [5, 5.41) is 7.00. The highest BCUT2D eigenvalue weighted by Gasteiger charge is 2.18. The van der Waals surface area contributed by atoms with E-state index in [9.17, 15) is 9.18 Å². The second-order valence-electron chi connectivity index (χ2n) is 9.66. The minimum Gasteiger partial charge on any atom is -0.453 e. The molecule has 0 aliphatic heterocycles. The predicted molar refractivity (Wildman–Crippen MR) is 156 cm³/mol. The fourth-order valence-electron chi connectivity index (χ4n) is 5.22. The molecule has 7 rings (SSSR count). The van der Waals surface area contributed by atoms with Crippen LogP contribution in [0.1, 0.15) is 16.8 Å². The van der Waals surface area contributed by atoms with Gasteiger partial charge in [0.05, 0.1) is 23.7 Å². The van der Waals surface area contributed by atoms with Gasteiger partial charge in [-0.2, -0.15) is 9.78 Å². The van der Waals surface area contributed by atoms with Crippen LogP contribution in [0.5, 0.6) is 0 Å². The smallest absolute Gasteiger partial charge is 0.282 e. The standard InChI is InChI=1S/C33H23FN4O2/c1-21-26(24-12-5-8-16-29(24)37(21)20-23-11-2-6-14-27(23)34)19-35-38-32(31-18-22-10-3-9-17-30(22)40-31)36-28-15-7-4-13-25(28)33(38)39/h2-19H,20H2,1H3. The highest BCUT2D eigenvalue weighted by atomic mass is 19.1. The number of hydrogen-bond donors (Lipinski definition) is 0. The first-order valence-corrected chi connectivity index (χ1v) is 12.9. The summed E-state index contributed by atoms with van der Waals surface area (Å²) in [5.41, 5.74) is 4.24. The van der Waals surface area contributed by atoms with E-state index in [0.29, 0.717) is 40.2 Å². The second-order valence-corrected chi connectivity index (χ2v) is 9.66. The van der Waals surface area contributed by atoms with Crippen molar-refractivity contribution in [1.29, 1.82) is 0 Å². The number of halogens is 1. The summed E-state index contributed by atoms with van der Waals surface area (Å²) in [4.78, 5) is 18.5. The Hall–Kier alpha value is -5.30. The molecule has 0 saturated heterocycles. The van der Waals surface area contributed by atoms with Crippen molar-refractivity contribution in [3.8, 4) is 11.6 Å². The van der Waals surface area contributed by atoms with Gasteiger partial charge in [-0.15, -0.1) is 0 Å². The van der Waals surface area contributed by atoms with Crippen LogP contribution in [0, 0.1) is 12.7 Å². The Morgan fingerprint density at radius 2 is 1.62 bits per heavy atom. The minimum absolute atomic E-state index is 0.251. The van der Waals surface area contributed by atoms with Crippen molar-refractivity contribution in [1.82, 2.24) is 14.2 Å². The minimum atomic E-state index is -0.301. The van der Waals surface area contributed by atoms with Gasteiger partial charge in [0.15, 0.2) is 5.76 Å². The van der Waals surface area contributed by atoms with Gasteiger partial charge in [-0.1, -0.05) is 66.7 Å². The third-order valence-electron chi connectivity index (χ3n) is 7.27. The highest BCUT2D eigenvalue weighted by Crippen LogP contribution is 2.29. The molecule has 7 heteroatoms. The lowest BCUT2D eigenvalue weighted by atomic mass is 10.1. The van der Waals surface area contributed by atoms with Crippen molar-refractivity contribution in [3.05, 3.63) is 136 Å². The molecule has 3 aromatic heterocycles. The van der Waals surface area contributed by atoms with Gasteiger partial charge in [0, 0.05) is 33.1 Å².